The molecule has 2 aliphatic heterocycles. The van der Waals surface area contributed by atoms with Crippen LogP contribution in [0.3, 0.4) is 0 Å². The van der Waals surface area contributed by atoms with Gasteiger partial charge in [0.15, 0.2) is 0 Å². The standard InChI is InChI=1S/C18H26N4O2/c1-12(2)19-18(24)21-14-5-3-13(4-6-14)17(23)22-10-9-15-7-8-16(11-22)20-15/h3-6,12,15-16,20H,7-11H2,1-2H3,(H2,19,21,24). The molecule has 3 N–H and O–H groups in total. The molecule has 0 spiro atoms. The summed E-state index contributed by atoms with van der Waals surface area (Å²) in [5.74, 6) is 0.0718. The number of carbonyl (C=O) groups is 2. The van der Waals surface area contributed by atoms with Crippen molar-refractivity contribution >= 4 is 17.6 Å². The Bertz CT molecular complexity index is 600. The van der Waals surface area contributed by atoms with Crippen molar-refractivity contribution in [3.05, 3.63) is 29.8 Å². The van der Waals surface area contributed by atoms with Crippen molar-refractivity contribution in [3.63, 3.8) is 0 Å². The third-order valence-corrected chi connectivity index (χ3v) is 4.62. The molecule has 24 heavy (non-hydrogen) atoms. The number of amides is 3. The molecular weight excluding hydrogens is 304 g/mol. The minimum Gasteiger partial charge on any atom is -0.337 e. The minimum atomic E-state index is -0.237. The molecule has 6 heteroatoms. The maximum absolute atomic E-state index is 12.7. The van der Waals surface area contributed by atoms with Crippen LogP contribution in [0.25, 0.3) is 0 Å². The van der Waals surface area contributed by atoms with E-state index in [0.29, 0.717) is 23.3 Å². The monoisotopic (exact) mass is 330 g/mol. The highest BCUT2D eigenvalue weighted by molar-refractivity contribution is 5.95. The van der Waals surface area contributed by atoms with Gasteiger partial charge in [-0.25, -0.2) is 4.79 Å². The summed E-state index contributed by atoms with van der Waals surface area (Å²) in [6.07, 6.45) is 3.41. The molecular formula is C18H26N4O2. The van der Waals surface area contributed by atoms with Gasteiger partial charge in [0, 0.05) is 42.5 Å². The van der Waals surface area contributed by atoms with E-state index in [0.717, 1.165) is 25.9 Å². The first-order chi connectivity index (χ1) is 11.5. The van der Waals surface area contributed by atoms with E-state index in [1.165, 1.54) is 6.42 Å². The third kappa shape index (κ3) is 4.06. The number of rotatable bonds is 3. The van der Waals surface area contributed by atoms with Crippen LogP contribution >= 0.6 is 0 Å². The molecule has 2 saturated heterocycles. The Balaban J connectivity index is 1.60. The van der Waals surface area contributed by atoms with Gasteiger partial charge in [-0.05, 0) is 57.4 Å². The maximum Gasteiger partial charge on any atom is 0.319 e. The first-order valence-corrected chi connectivity index (χ1v) is 8.74. The smallest absolute Gasteiger partial charge is 0.319 e. The molecule has 1 aromatic rings. The van der Waals surface area contributed by atoms with Gasteiger partial charge in [-0.1, -0.05) is 0 Å². The van der Waals surface area contributed by atoms with E-state index in [2.05, 4.69) is 16.0 Å². The summed E-state index contributed by atoms with van der Waals surface area (Å²) in [5, 5.41) is 9.12. The molecule has 0 aromatic heterocycles. The maximum atomic E-state index is 12.7. The van der Waals surface area contributed by atoms with Gasteiger partial charge in [0.2, 0.25) is 0 Å². The van der Waals surface area contributed by atoms with Crippen LogP contribution in [0.2, 0.25) is 0 Å². The quantitative estimate of drug-likeness (QED) is 0.795. The summed E-state index contributed by atoms with van der Waals surface area (Å²) in [5.41, 5.74) is 1.35. The molecule has 2 fully saturated rings. The molecule has 1 aromatic carbocycles. The van der Waals surface area contributed by atoms with Crippen molar-refractivity contribution in [2.45, 2.75) is 51.2 Å². The highest BCUT2D eigenvalue weighted by Gasteiger charge is 2.31. The second-order valence-electron chi connectivity index (χ2n) is 7.01. The summed E-state index contributed by atoms with van der Waals surface area (Å²) in [7, 11) is 0. The predicted molar refractivity (Wildman–Crippen MR) is 94.2 cm³/mol. The fourth-order valence-corrected chi connectivity index (χ4v) is 3.44. The first-order valence-electron chi connectivity index (χ1n) is 8.74. The summed E-state index contributed by atoms with van der Waals surface area (Å²) in [4.78, 5) is 26.4. The Labute approximate surface area is 143 Å². The number of nitrogens with one attached hydrogen (secondary N) is 3. The van der Waals surface area contributed by atoms with E-state index in [4.69, 9.17) is 0 Å². The van der Waals surface area contributed by atoms with Crippen LogP contribution in [0.5, 0.6) is 0 Å². The fraction of sp³-hybridized carbons (Fsp3) is 0.556. The molecule has 2 heterocycles. The van der Waals surface area contributed by atoms with Gasteiger partial charge in [-0.2, -0.15) is 0 Å². The summed E-state index contributed by atoms with van der Waals surface area (Å²) in [6.45, 7) is 5.41. The Hall–Kier alpha value is -2.08. The summed E-state index contributed by atoms with van der Waals surface area (Å²) >= 11 is 0. The Morgan fingerprint density at radius 3 is 2.54 bits per heavy atom. The molecule has 2 bridgehead atoms. The molecule has 0 saturated carbocycles. The number of hydrogen-bond donors (Lipinski definition) is 3. The van der Waals surface area contributed by atoms with Crippen molar-refractivity contribution < 1.29 is 9.59 Å². The molecule has 2 unspecified atom stereocenters. The second-order valence-corrected chi connectivity index (χ2v) is 7.01. The number of likely N-dealkylation sites (tertiary alicyclic amines) is 1. The van der Waals surface area contributed by atoms with Crippen LogP contribution in [0.15, 0.2) is 24.3 Å². The predicted octanol–water partition coefficient (Wildman–Crippen LogP) is 2.18. The van der Waals surface area contributed by atoms with Crippen LogP contribution in [0.4, 0.5) is 10.5 Å². The van der Waals surface area contributed by atoms with Crippen molar-refractivity contribution in [2.24, 2.45) is 0 Å². The van der Waals surface area contributed by atoms with Gasteiger partial charge in [-0.15, -0.1) is 0 Å². The number of carbonyl (C=O) groups excluding carboxylic acids is 2. The number of benzene rings is 1. The minimum absolute atomic E-state index is 0.0718. The van der Waals surface area contributed by atoms with E-state index in [1.807, 2.05) is 18.7 Å². The molecule has 3 amide bonds. The first kappa shape index (κ1) is 16.8. The van der Waals surface area contributed by atoms with E-state index in [1.54, 1.807) is 24.3 Å². The average Bonchev–Trinajstić information content (AvgIpc) is 2.85. The highest BCUT2D eigenvalue weighted by Crippen LogP contribution is 2.22. The number of nitrogens with zero attached hydrogens (tertiary/aromatic N) is 1. The van der Waals surface area contributed by atoms with Crippen LogP contribution in [0, 0.1) is 0 Å². The number of anilines is 1. The Kier molecular flexibility index (Phi) is 5.04. The molecule has 130 valence electrons. The topological polar surface area (TPSA) is 73.5 Å². The van der Waals surface area contributed by atoms with Crippen molar-refractivity contribution in [3.8, 4) is 0 Å². The lowest BCUT2D eigenvalue weighted by Crippen LogP contribution is -2.39. The number of fused-ring (bicyclic) bond motifs is 2. The van der Waals surface area contributed by atoms with E-state index < -0.39 is 0 Å². The summed E-state index contributed by atoms with van der Waals surface area (Å²) in [6, 6.07) is 7.95. The third-order valence-electron chi connectivity index (χ3n) is 4.62. The van der Waals surface area contributed by atoms with Gasteiger partial charge in [0.1, 0.15) is 0 Å². The van der Waals surface area contributed by atoms with Gasteiger partial charge >= 0.3 is 6.03 Å². The van der Waals surface area contributed by atoms with Gasteiger partial charge in [0.05, 0.1) is 0 Å². The average molecular weight is 330 g/mol. The molecule has 0 aliphatic carbocycles. The van der Waals surface area contributed by atoms with Crippen molar-refractivity contribution in [1.82, 2.24) is 15.5 Å². The zero-order chi connectivity index (χ0) is 17.1. The molecule has 2 aliphatic rings. The van der Waals surface area contributed by atoms with Gasteiger partial charge in [-0.3, -0.25) is 4.79 Å². The second kappa shape index (κ2) is 7.21. The lowest BCUT2D eigenvalue weighted by Gasteiger charge is -2.24. The van der Waals surface area contributed by atoms with Crippen molar-refractivity contribution in [2.75, 3.05) is 18.4 Å². The Morgan fingerprint density at radius 1 is 1.12 bits per heavy atom. The largest absolute Gasteiger partial charge is 0.337 e. The van der Waals surface area contributed by atoms with Crippen LogP contribution in [-0.4, -0.2) is 48.1 Å². The van der Waals surface area contributed by atoms with Gasteiger partial charge < -0.3 is 20.9 Å². The molecule has 6 nitrogen and oxygen atoms in total. The van der Waals surface area contributed by atoms with Gasteiger partial charge in [0.25, 0.3) is 5.91 Å². The fourth-order valence-electron chi connectivity index (χ4n) is 3.44. The molecule has 2 atom stereocenters. The Morgan fingerprint density at radius 2 is 1.83 bits per heavy atom. The summed E-state index contributed by atoms with van der Waals surface area (Å²) < 4.78 is 0. The highest BCUT2D eigenvalue weighted by atomic mass is 16.2. The zero-order valence-electron chi connectivity index (χ0n) is 14.3. The SMILES string of the molecule is CC(C)NC(=O)Nc1ccc(C(=O)N2CCC3CCC(C2)N3)cc1. The lowest BCUT2D eigenvalue weighted by molar-refractivity contribution is 0.0748. The van der Waals surface area contributed by atoms with E-state index >= 15 is 0 Å². The number of urea groups is 1. The normalized spacial score (nSPS) is 23.0. The number of hydrogen-bond acceptors (Lipinski definition) is 3. The van der Waals surface area contributed by atoms with E-state index in [9.17, 15) is 9.59 Å². The van der Waals surface area contributed by atoms with E-state index in [-0.39, 0.29) is 18.0 Å². The lowest BCUT2D eigenvalue weighted by atomic mass is 10.1. The zero-order valence-corrected chi connectivity index (χ0v) is 14.3. The molecule has 3 rings (SSSR count). The van der Waals surface area contributed by atoms with Crippen molar-refractivity contribution in [1.29, 1.82) is 0 Å². The van der Waals surface area contributed by atoms with Crippen LogP contribution in [0.1, 0.15) is 43.5 Å². The molecule has 0 radical (unpaired) electrons. The van der Waals surface area contributed by atoms with Crippen LogP contribution in [-0.2, 0) is 0 Å². The van der Waals surface area contributed by atoms with Crippen LogP contribution < -0.4 is 16.0 Å².